The molecule has 5 nitrogen and oxygen atoms in total. The number of carbonyl (C=O) groups is 1. The van der Waals surface area contributed by atoms with Gasteiger partial charge in [-0.25, -0.2) is 0 Å². The van der Waals surface area contributed by atoms with E-state index in [0.29, 0.717) is 6.42 Å². The van der Waals surface area contributed by atoms with Crippen molar-refractivity contribution in [3.63, 3.8) is 0 Å². The molecule has 0 radical (unpaired) electrons. The molecule has 1 aliphatic carbocycles. The van der Waals surface area contributed by atoms with Crippen molar-refractivity contribution < 1.29 is 10.0 Å². The van der Waals surface area contributed by atoms with Gasteiger partial charge in [-0.2, -0.15) is 0 Å². The van der Waals surface area contributed by atoms with Gasteiger partial charge >= 0.3 is 0 Å². The van der Waals surface area contributed by atoms with Crippen molar-refractivity contribution in [1.29, 1.82) is 0 Å². The van der Waals surface area contributed by atoms with Gasteiger partial charge in [0.25, 0.3) is 0 Å². The van der Waals surface area contributed by atoms with Gasteiger partial charge in [-0.15, -0.1) is 0 Å². The fraction of sp³-hybridized carbons (Fsp3) is 0.818. The molecule has 1 unspecified atom stereocenters. The third-order valence-corrected chi connectivity index (χ3v) is 3.51. The Bertz CT molecular complexity index is 285. The van der Waals surface area contributed by atoms with Crippen molar-refractivity contribution in [1.82, 2.24) is 5.32 Å². The van der Waals surface area contributed by atoms with Gasteiger partial charge in [-0.1, -0.05) is 24.9 Å². The van der Waals surface area contributed by atoms with E-state index >= 15 is 0 Å². The molecular weight excluding hydrogens is 206 g/mol. The molecule has 5 heteroatoms. The lowest BCUT2D eigenvalue weighted by atomic mass is 9.95. The average molecular weight is 227 g/mol. The topological polar surface area (TPSA) is 87.7 Å². The second-order valence-electron chi connectivity index (χ2n) is 4.64. The smallest absolute Gasteiger partial charge is 0.223 e. The number of carbonyl (C=O) groups excluding carboxylic acids is 1. The molecule has 16 heavy (non-hydrogen) atoms. The first-order valence-corrected chi connectivity index (χ1v) is 5.83. The van der Waals surface area contributed by atoms with Crippen LogP contribution in [0.15, 0.2) is 5.16 Å². The fourth-order valence-corrected chi connectivity index (χ4v) is 2.01. The van der Waals surface area contributed by atoms with E-state index in [1.165, 1.54) is 0 Å². The molecule has 1 saturated carbocycles. The predicted octanol–water partition coefficient (Wildman–Crippen LogP) is 1.21. The number of nitrogens with one attached hydrogen (secondary N) is 1. The highest BCUT2D eigenvalue weighted by molar-refractivity contribution is 5.94. The van der Waals surface area contributed by atoms with Crippen molar-refractivity contribution in [3.05, 3.63) is 0 Å². The van der Waals surface area contributed by atoms with Crippen LogP contribution in [-0.2, 0) is 4.79 Å². The maximum absolute atomic E-state index is 11.9. The Labute approximate surface area is 96.1 Å². The summed E-state index contributed by atoms with van der Waals surface area (Å²) in [5.41, 5.74) is 4.85. The minimum atomic E-state index is -0.742. The van der Waals surface area contributed by atoms with E-state index in [2.05, 4.69) is 10.5 Å². The van der Waals surface area contributed by atoms with E-state index in [1.54, 1.807) is 6.92 Å². The molecule has 0 saturated heterocycles. The number of hydrogen-bond acceptors (Lipinski definition) is 3. The first-order chi connectivity index (χ1) is 7.53. The van der Waals surface area contributed by atoms with Gasteiger partial charge in [0.2, 0.25) is 5.91 Å². The lowest BCUT2D eigenvalue weighted by Crippen LogP contribution is -2.56. The van der Waals surface area contributed by atoms with E-state index in [4.69, 9.17) is 10.9 Å². The zero-order valence-electron chi connectivity index (χ0n) is 9.99. The Hall–Kier alpha value is -1.26. The summed E-state index contributed by atoms with van der Waals surface area (Å²) in [6.07, 6.45) is 4.72. The Morgan fingerprint density at radius 2 is 2.12 bits per heavy atom. The van der Waals surface area contributed by atoms with Crippen LogP contribution in [0.4, 0.5) is 0 Å². The van der Waals surface area contributed by atoms with Gasteiger partial charge in [0.05, 0.1) is 5.54 Å². The van der Waals surface area contributed by atoms with Crippen molar-refractivity contribution >= 4 is 11.7 Å². The molecule has 92 valence electrons. The number of oxime groups is 1. The van der Waals surface area contributed by atoms with Crippen LogP contribution in [-0.4, -0.2) is 22.5 Å². The monoisotopic (exact) mass is 227 g/mol. The number of rotatable bonds is 4. The summed E-state index contributed by atoms with van der Waals surface area (Å²) < 4.78 is 0. The van der Waals surface area contributed by atoms with Crippen molar-refractivity contribution in [3.8, 4) is 0 Å². The van der Waals surface area contributed by atoms with E-state index in [0.717, 1.165) is 25.7 Å². The molecule has 0 aliphatic heterocycles. The van der Waals surface area contributed by atoms with Crippen molar-refractivity contribution in [2.24, 2.45) is 16.8 Å². The van der Waals surface area contributed by atoms with Crippen LogP contribution in [0.3, 0.4) is 0 Å². The molecule has 1 amide bonds. The number of nitrogens with two attached hydrogens (primary N) is 1. The SMILES string of the molecule is CCC(C)(NC(=O)C1CCCC1)/C(N)=N/O. The molecule has 0 bridgehead atoms. The minimum absolute atomic E-state index is 0.0217. The standard InChI is InChI=1S/C11H21N3O2/c1-3-11(2,10(12)14-16)13-9(15)8-6-4-5-7-8/h8,16H,3-7H2,1-2H3,(H2,12,14)(H,13,15). The summed E-state index contributed by atoms with van der Waals surface area (Å²) >= 11 is 0. The van der Waals surface area contributed by atoms with Gasteiger partial charge < -0.3 is 16.3 Å². The Balaban J connectivity index is 2.65. The molecule has 0 aromatic carbocycles. The second kappa shape index (κ2) is 5.18. The molecule has 1 aliphatic rings. The molecule has 0 aromatic heterocycles. The van der Waals surface area contributed by atoms with Crippen molar-refractivity contribution in [2.75, 3.05) is 0 Å². The van der Waals surface area contributed by atoms with Crippen LogP contribution < -0.4 is 11.1 Å². The van der Waals surface area contributed by atoms with Crippen LogP contribution in [0.5, 0.6) is 0 Å². The molecular formula is C11H21N3O2. The quantitative estimate of drug-likeness (QED) is 0.292. The van der Waals surface area contributed by atoms with E-state index in [1.807, 2.05) is 6.92 Å². The van der Waals surface area contributed by atoms with Gasteiger partial charge in [0.1, 0.15) is 0 Å². The lowest BCUT2D eigenvalue weighted by molar-refractivity contribution is -0.126. The molecule has 0 heterocycles. The zero-order valence-corrected chi connectivity index (χ0v) is 9.99. The highest BCUT2D eigenvalue weighted by atomic mass is 16.4. The molecule has 4 N–H and O–H groups in total. The van der Waals surface area contributed by atoms with E-state index < -0.39 is 5.54 Å². The Morgan fingerprint density at radius 3 is 2.56 bits per heavy atom. The third-order valence-electron chi connectivity index (χ3n) is 3.51. The molecule has 0 aromatic rings. The largest absolute Gasteiger partial charge is 0.409 e. The normalized spacial score (nSPS) is 21.8. The summed E-state index contributed by atoms with van der Waals surface area (Å²) in [5, 5.41) is 14.6. The summed E-state index contributed by atoms with van der Waals surface area (Å²) in [6, 6.07) is 0. The lowest BCUT2D eigenvalue weighted by Gasteiger charge is -2.29. The minimum Gasteiger partial charge on any atom is -0.409 e. The van der Waals surface area contributed by atoms with E-state index in [9.17, 15) is 4.79 Å². The summed E-state index contributed by atoms with van der Waals surface area (Å²) in [7, 11) is 0. The summed E-state index contributed by atoms with van der Waals surface area (Å²) in [5.74, 6) is 0.173. The zero-order chi connectivity index (χ0) is 12.2. The number of amides is 1. The first kappa shape index (κ1) is 12.8. The van der Waals surface area contributed by atoms with Gasteiger partial charge in [0.15, 0.2) is 5.84 Å². The summed E-state index contributed by atoms with van der Waals surface area (Å²) in [6.45, 7) is 3.67. The van der Waals surface area contributed by atoms with Crippen LogP contribution >= 0.6 is 0 Å². The molecule has 1 atom stereocenters. The third kappa shape index (κ3) is 2.65. The van der Waals surface area contributed by atoms with Crippen LogP contribution in [0, 0.1) is 5.92 Å². The molecule has 1 rings (SSSR count). The van der Waals surface area contributed by atoms with Gasteiger partial charge in [-0.05, 0) is 26.2 Å². The number of amidine groups is 1. The van der Waals surface area contributed by atoms with Crippen LogP contribution in [0.2, 0.25) is 0 Å². The fourth-order valence-electron chi connectivity index (χ4n) is 2.01. The second-order valence-corrected chi connectivity index (χ2v) is 4.64. The van der Waals surface area contributed by atoms with E-state index in [-0.39, 0.29) is 17.7 Å². The Kier molecular flexibility index (Phi) is 4.15. The average Bonchev–Trinajstić information content (AvgIpc) is 2.81. The van der Waals surface area contributed by atoms with Gasteiger partial charge in [0, 0.05) is 5.92 Å². The Morgan fingerprint density at radius 1 is 1.56 bits per heavy atom. The van der Waals surface area contributed by atoms with Crippen molar-refractivity contribution in [2.45, 2.75) is 51.5 Å². The predicted molar refractivity (Wildman–Crippen MR) is 62.2 cm³/mol. The molecule has 1 fully saturated rings. The van der Waals surface area contributed by atoms with Gasteiger partial charge in [-0.3, -0.25) is 4.79 Å². The van der Waals surface area contributed by atoms with Crippen LogP contribution in [0.25, 0.3) is 0 Å². The maximum atomic E-state index is 11.9. The summed E-state index contributed by atoms with van der Waals surface area (Å²) in [4.78, 5) is 11.9. The highest BCUT2D eigenvalue weighted by Crippen LogP contribution is 2.25. The number of nitrogens with zero attached hydrogens (tertiary/aromatic N) is 1. The first-order valence-electron chi connectivity index (χ1n) is 5.83. The van der Waals surface area contributed by atoms with Crippen LogP contribution in [0.1, 0.15) is 46.0 Å². The maximum Gasteiger partial charge on any atom is 0.223 e. The number of hydrogen-bond donors (Lipinski definition) is 3. The molecule has 0 spiro atoms. The highest BCUT2D eigenvalue weighted by Gasteiger charge is 2.33.